The van der Waals surface area contributed by atoms with Gasteiger partial charge in [0.15, 0.2) is 0 Å². The van der Waals surface area contributed by atoms with Crippen LogP contribution in [0.3, 0.4) is 0 Å². The molecule has 0 aliphatic carbocycles. The molecule has 0 aromatic carbocycles. The lowest BCUT2D eigenvalue weighted by atomic mass is 10.3. The van der Waals surface area contributed by atoms with Crippen LogP contribution in [0, 0.1) is 6.92 Å². The molecule has 0 aliphatic heterocycles. The Bertz CT molecular complexity index is 217. The zero-order chi connectivity index (χ0) is 8.27. The van der Waals surface area contributed by atoms with Gasteiger partial charge in [0.05, 0.1) is 11.9 Å². The Morgan fingerprint density at radius 2 is 2.18 bits per heavy atom. The summed E-state index contributed by atoms with van der Waals surface area (Å²) in [6, 6.07) is 4.02. The molecular formula is C8H13N3. The smallest absolute Gasteiger partial charge is 0.0699 e. The summed E-state index contributed by atoms with van der Waals surface area (Å²) in [4.78, 5) is 4.17. The fourth-order valence-corrected chi connectivity index (χ4v) is 0.788. The highest BCUT2D eigenvalue weighted by atomic mass is 15.5. The van der Waals surface area contributed by atoms with E-state index in [9.17, 15) is 0 Å². The van der Waals surface area contributed by atoms with Gasteiger partial charge in [-0.2, -0.15) is 0 Å². The minimum atomic E-state index is 1.04. The standard InChI is InChI=1S/C8H13N3/c1-7-4-5-8(6-10-7)11(3)9-2/h4-6,9H,1-3H3. The molecule has 1 N–H and O–H groups in total. The van der Waals surface area contributed by atoms with Crippen LogP contribution in [-0.4, -0.2) is 19.1 Å². The Hall–Kier alpha value is -1.09. The first kappa shape index (κ1) is 8.01. The lowest BCUT2D eigenvalue weighted by Gasteiger charge is -2.16. The van der Waals surface area contributed by atoms with Crippen LogP contribution in [0.25, 0.3) is 0 Å². The van der Waals surface area contributed by atoms with Crippen molar-refractivity contribution in [3.63, 3.8) is 0 Å². The number of aromatic nitrogens is 1. The van der Waals surface area contributed by atoms with Gasteiger partial charge in [0, 0.05) is 19.8 Å². The monoisotopic (exact) mass is 151 g/mol. The first-order valence-electron chi connectivity index (χ1n) is 3.58. The van der Waals surface area contributed by atoms with Crippen molar-refractivity contribution in [1.29, 1.82) is 0 Å². The number of nitrogens with one attached hydrogen (secondary N) is 1. The number of rotatable bonds is 2. The highest BCUT2D eigenvalue weighted by molar-refractivity contribution is 5.41. The van der Waals surface area contributed by atoms with Gasteiger partial charge < -0.3 is 5.01 Å². The number of hydrogen-bond donors (Lipinski definition) is 1. The van der Waals surface area contributed by atoms with Gasteiger partial charge in [-0.25, -0.2) is 5.43 Å². The molecule has 60 valence electrons. The van der Waals surface area contributed by atoms with Gasteiger partial charge in [-0.15, -0.1) is 0 Å². The molecule has 0 saturated carbocycles. The molecule has 0 saturated heterocycles. The van der Waals surface area contributed by atoms with E-state index in [0.717, 1.165) is 11.4 Å². The van der Waals surface area contributed by atoms with Gasteiger partial charge in [0.25, 0.3) is 0 Å². The Balaban J connectivity index is 2.81. The van der Waals surface area contributed by atoms with Crippen molar-refractivity contribution in [2.24, 2.45) is 0 Å². The molecule has 1 rings (SSSR count). The highest BCUT2D eigenvalue weighted by Gasteiger charge is 1.95. The van der Waals surface area contributed by atoms with E-state index in [1.807, 2.05) is 44.4 Å². The zero-order valence-corrected chi connectivity index (χ0v) is 7.13. The molecular weight excluding hydrogens is 138 g/mol. The second-order valence-electron chi connectivity index (χ2n) is 2.44. The predicted octanol–water partition coefficient (Wildman–Crippen LogP) is 0.961. The second-order valence-corrected chi connectivity index (χ2v) is 2.44. The summed E-state index contributed by atoms with van der Waals surface area (Å²) >= 11 is 0. The topological polar surface area (TPSA) is 28.2 Å². The molecule has 0 aliphatic rings. The number of anilines is 1. The van der Waals surface area contributed by atoms with Gasteiger partial charge in [0.1, 0.15) is 0 Å². The van der Waals surface area contributed by atoms with E-state index in [-0.39, 0.29) is 0 Å². The van der Waals surface area contributed by atoms with E-state index in [4.69, 9.17) is 0 Å². The van der Waals surface area contributed by atoms with Gasteiger partial charge >= 0.3 is 0 Å². The van der Waals surface area contributed by atoms with Crippen molar-refractivity contribution in [2.45, 2.75) is 6.92 Å². The number of hydrazine groups is 1. The number of pyridine rings is 1. The fourth-order valence-electron chi connectivity index (χ4n) is 0.788. The van der Waals surface area contributed by atoms with E-state index in [1.54, 1.807) is 0 Å². The van der Waals surface area contributed by atoms with Crippen LogP contribution < -0.4 is 10.4 Å². The third-order valence-electron chi connectivity index (χ3n) is 1.62. The molecule has 0 fully saturated rings. The number of nitrogens with zero attached hydrogens (tertiary/aromatic N) is 2. The summed E-state index contributed by atoms with van der Waals surface area (Å²) in [6.45, 7) is 1.98. The van der Waals surface area contributed by atoms with E-state index in [2.05, 4.69) is 10.4 Å². The molecule has 1 heterocycles. The van der Waals surface area contributed by atoms with Crippen LogP contribution >= 0.6 is 0 Å². The molecule has 0 spiro atoms. The average molecular weight is 151 g/mol. The van der Waals surface area contributed by atoms with Crippen LogP contribution in [0.1, 0.15) is 5.69 Å². The van der Waals surface area contributed by atoms with Crippen LogP contribution in [0.2, 0.25) is 0 Å². The molecule has 0 bridgehead atoms. The minimum Gasteiger partial charge on any atom is -0.310 e. The predicted molar refractivity (Wildman–Crippen MR) is 46.4 cm³/mol. The summed E-state index contributed by atoms with van der Waals surface area (Å²) in [5.41, 5.74) is 5.10. The molecule has 1 aromatic heterocycles. The first-order chi connectivity index (χ1) is 5.24. The van der Waals surface area contributed by atoms with Gasteiger partial charge in [0.2, 0.25) is 0 Å². The molecule has 3 nitrogen and oxygen atoms in total. The van der Waals surface area contributed by atoms with E-state index in [0.29, 0.717) is 0 Å². The van der Waals surface area contributed by atoms with Crippen LogP contribution in [-0.2, 0) is 0 Å². The van der Waals surface area contributed by atoms with Crippen molar-refractivity contribution < 1.29 is 0 Å². The summed E-state index contributed by atoms with van der Waals surface area (Å²) in [6.07, 6.45) is 1.84. The molecule has 1 aromatic rings. The van der Waals surface area contributed by atoms with E-state index in [1.165, 1.54) is 0 Å². The van der Waals surface area contributed by atoms with Crippen molar-refractivity contribution in [3.05, 3.63) is 24.0 Å². The maximum absolute atomic E-state index is 4.17. The summed E-state index contributed by atoms with van der Waals surface area (Å²) in [7, 11) is 3.83. The fraction of sp³-hybridized carbons (Fsp3) is 0.375. The summed E-state index contributed by atoms with van der Waals surface area (Å²) < 4.78 is 0. The minimum absolute atomic E-state index is 1.04. The normalized spacial score (nSPS) is 9.73. The molecule has 11 heavy (non-hydrogen) atoms. The van der Waals surface area contributed by atoms with Gasteiger partial charge in [-0.1, -0.05) is 0 Å². The lowest BCUT2D eigenvalue weighted by Crippen LogP contribution is -2.30. The number of hydrogen-bond acceptors (Lipinski definition) is 3. The SMILES string of the molecule is CNN(C)c1ccc(C)nc1. The lowest BCUT2D eigenvalue weighted by molar-refractivity contribution is 0.788. The molecule has 0 atom stereocenters. The Kier molecular flexibility index (Phi) is 2.44. The third-order valence-corrected chi connectivity index (χ3v) is 1.62. The summed E-state index contributed by atoms with van der Waals surface area (Å²) in [5.74, 6) is 0. The van der Waals surface area contributed by atoms with Gasteiger partial charge in [-0.3, -0.25) is 4.98 Å². The second kappa shape index (κ2) is 3.34. The van der Waals surface area contributed by atoms with E-state index < -0.39 is 0 Å². The van der Waals surface area contributed by atoms with Crippen LogP contribution in [0.4, 0.5) is 5.69 Å². The molecule has 0 unspecified atom stereocenters. The zero-order valence-electron chi connectivity index (χ0n) is 7.13. The molecule has 3 heteroatoms. The largest absolute Gasteiger partial charge is 0.310 e. The van der Waals surface area contributed by atoms with Crippen molar-refractivity contribution in [3.8, 4) is 0 Å². The number of aryl methyl sites for hydroxylation is 1. The molecule has 0 amide bonds. The van der Waals surface area contributed by atoms with Crippen molar-refractivity contribution in [2.75, 3.05) is 19.1 Å². The maximum Gasteiger partial charge on any atom is 0.0699 e. The maximum atomic E-state index is 4.17. The quantitative estimate of drug-likeness (QED) is 0.638. The van der Waals surface area contributed by atoms with E-state index >= 15 is 0 Å². The van der Waals surface area contributed by atoms with Crippen molar-refractivity contribution >= 4 is 5.69 Å². The Labute approximate surface area is 67.0 Å². The summed E-state index contributed by atoms with van der Waals surface area (Å²) in [5, 5.41) is 1.91. The van der Waals surface area contributed by atoms with Crippen LogP contribution in [0.15, 0.2) is 18.3 Å². The highest BCUT2D eigenvalue weighted by Crippen LogP contribution is 2.07. The third kappa shape index (κ3) is 1.91. The van der Waals surface area contributed by atoms with Crippen molar-refractivity contribution in [1.82, 2.24) is 10.4 Å². The average Bonchev–Trinajstić information content (AvgIpc) is 2.05. The Morgan fingerprint density at radius 3 is 2.64 bits per heavy atom. The first-order valence-corrected chi connectivity index (χ1v) is 3.58. The van der Waals surface area contributed by atoms with Gasteiger partial charge in [-0.05, 0) is 19.1 Å². The Morgan fingerprint density at radius 1 is 1.45 bits per heavy atom. The van der Waals surface area contributed by atoms with Crippen LogP contribution in [0.5, 0.6) is 0 Å². The molecule has 0 radical (unpaired) electrons.